The number of esters is 1. The van der Waals surface area contributed by atoms with Crippen LogP contribution in [-0.4, -0.2) is 146 Å². The average molecular weight is 1140 g/mol. The van der Waals surface area contributed by atoms with Crippen LogP contribution in [0.1, 0.15) is 30.9 Å². The van der Waals surface area contributed by atoms with Crippen LogP contribution < -0.4 is 30.7 Å². The molecule has 0 unspecified atom stereocenters. The molecule has 0 aromatic heterocycles. The third-order valence-corrected chi connectivity index (χ3v) is 12.3. The van der Waals surface area contributed by atoms with Gasteiger partial charge in [-0.2, -0.15) is 0 Å². The zero-order chi connectivity index (χ0) is 57.1. The summed E-state index contributed by atoms with van der Waals surface area (Å²) in [6, 6.07) is 32.8. The molecular formula is C57H68ClF3N6O13. The topological polar surface area (TPSA) is 217 Å². The molecule has 5 aromatic carbocycles. The summed E-state index contributed by atoms with van der Waals surface area (Å²) in [7, 11) is 0. The van der Waals surface area contributed by atoms with Crippen molar-refractivity contribution in [2.45, 2.75) is 45.2 Å². The van der Waals surface area contributed by atoms with E-state index in [9.17, 15) is 32.3 Å². The molecular weight excluding hydrogens is 1070 g/mol. The third kappa shape index (κ3) is 21.4. The van der Waals surface area contributed by atoms with Crippen molar-refractivity contribution in [3.63, 3.8) is 0 Å². The lowest BCUT2D eigenvalue weighted by Crippen LogP contribution is -2.36. The first-order valence-corrected chi connectivity index (χ1v) is 26.5. The predicted molar refractivity (Wildman–Crippen MR) is 296 cm³/mol. The number of ether oxygens (including phenoxy) is 8. The van der Waals surface area contributed by atoms with Crippen molar-refractivity contribution in [1.29, 1.82) is 0 Å². The molecule has 5 heterocycles. The fourth-order valence-electron chi connectivity index (χ4n) is 8.00. The molecule has 23 heteroatoms. The first-order chi connectivity index (χ1) is 38.8. The lowest BCUT2D eigenvalue weighted by molar-refractivity contribution is -0.144. The van der Waals surface area contributed by atoms with Crippen LogP contribution in [0.4, 0.5) is 61.7 Å². The summed E-state index contributed by atoms with van der Waals surface area (Å²) in [5.41, 5.74) is 9.42. The Morgan fingerprint density at radius 2 is 1.15 bits per heavy atom. The Labute approximate surface area is 468 Å². The van der Waals surface area contributed by atoms with Gasteiger partial charge < -0.3 is 63.4 Å². The summed E-state index contributed by atoms with van der Waals surface area (Å²) >= 11 is 4.97. The van der Waals surface area contributed by atoms with Gasteiger partial charge in [0.1, 0.15) is 49.5 Å². The van der Waals surface area contributed by atoms with Gasteiger partial charge in [0, 0.05) is 68.7 Å². The maximum absolute atomic E-state index is 14.3. The Balaban J connectivity index is 0.000000168. The monoisotopic (exact) mass is 1140 g/mol. The van der Waals surface area contributed by atoms with Gasteiger partial charge in [0.2, 0.25) is 0 Å². The van der Waals surface area contributed by atoms with Crippen LogP contribution in [0.2, 0.25) is 0 Å². The molecule has 0 spiro atoms. The van der Waals surface area contributed by atoms with Crippen LogP contribution in [0, 0.1) is 17.5 Å². The standard InChI is InChI=1S/C18H19FN2O3.C14H17FN2O4.C10H13FN2O.C8H7ClO2.C7H12O3/c19-16-12-15(6-7-17(16)21-8-10-23-11-9-21)20-18(22)24-13-14-4-2-1-3-5-14;15-12-7-10(17-8-11(9-18)21-14(17)19)1-2-13(12)16-3-5-20-6-4-16;11-9-7-8(12)1-2-10(9)13-3-5-14-6-4-13;9-8(10)11-6-7-4-2-1-3-5-7;1-2-3-7(8)10-5-6-4-9-6/h1-7,12H,8-11,13H2,(H,20,22);1-2,7,11,18H,3-6,8-9H2;1-2,7H,3-6,12H2;1-5H,6H2;6H,2-5H2,1H3/t;11-;;;6-/m.1..0/s1. The maximum Gasteiger partial charge on any atom is 0.414 e. The minimum absolute atomic E-state index is 0.113. The number of carbonyl (C=O) groups excluding carboxylic acids is 4. The van der Waals surface area contributed by atoms with E-state index in [0.29, 0.717) is 113 Å². The van der Waals surface area contributed by atoms with Gasteiger partial charge in [0.25, 0.3) is 0 Å². The number of halogens is 4. The number of nitrogen functional groups attached to an aromatic ring is 1. The number of hydrogen-bond acceptors (Lipinski definition) is 17. The lowest BCUT2D eigenvalue weighted by Gasteiger charge is -2.29. The van der Waals surface area contributed by atoms with E-state index < -0.39 is 23.7 Å². The fraction of sp³-hybridized carbons (Fsp3) is 0.404. The number of morpholine rings is 3. The first kappa shape index (κ1) is 61.9. The number of nitrogens with two attached hydrogens (primary N) is 1. The number of epoxide rings is 1. The molecule has 0 radical (unpaired) electrons. The van der Waals surface area contributed by atoms with Gasteiger partial charge >= 0.3 is 23.6 Å². The van der Waals surface area contributed by atoms with E-state index in [4.69, 9.17) is 55.6 Å². The minimum atomic E-state index is -0.770. The van der Waals surface area contributed by atoms with Gasteiger partial charge in [-0.3, -0.25) is 15.0 Å². The van der Waals surface area contributed by atoms with Crippen molar-refractivity contribution < 1.29 is 75.4 Å². The second-order valence-electron chi connectivity index (χ2n) is 18.2. The number of nitrogens with one attached hydrogen (secondary N) is 1. The van der Waals surface area contributed by atoms with Crippen molar-refractivity contribution >= 4 is 69.3 Å². The summed E-state index contributed by atoms with van der Waals surface area (Å²) in [5, 5.41) is 11.6. The number of carbonyl (C=O) groups is 4. The smallest absolute Gasteiger partial charge is 0.414 e. The van der Waals surface area contributed by atoms with Crippen molar-refractivity contribution in [3.8, 4) is 0 Å². The van der Waals surface area contributed by atoms with Gasteiger partial charge in [-0.1, -0.05) is 67.6 Å². The molecule has 10 rings (SSSR count). The summed E-state index contributed by atoms with van der Waals surface area (Å²) in [4.78, 5) is 51.5. The second-order valence-corrected chi connectivity index (χ2v) is 18.5. The van der Waals surface area contributed by atoms with E-state index in [1.165, 1.54) is 23.1 Å². The van der Waals surface area contributed by atoms with Gasteiger partial charge in [0.05, 0.1) is 82.1 Å². The Kier molecular flexibility index (Phi) is 25.7. The van der Waals surface area contributed by atoms with E-state index in [0.717, 1.165) is 37.2 Å². The van der Waals surface area contributed by atoms with Crippen LogP contribution in [0.25, 0.3) is 0 Å². The molecule has 19 nitrogen and oxygen atoms in total. The van der Waals surface area contributed by atoms with Crippen LogP contribution in [0.5, 0.6) is 0 Å². The molecule has 5 aromatic rings. The SMILES string of the molecule is CCCC(=O)OC[C@@H]1CO1.Nc1ccc(N2CCOCC2)c(F)c1.O=C(Cl)OCc1ccccc1.O=C(Nc1ccc(N2CCOCC2)c(F)c1)OCc1ccccc1.O=C1O[C@@H](CO)CN1c1ccc(N2CCOCC2)c(F)c1. The fourth-order valence-corrected chi connectivity index (χ4v) is 8.05. The molecule has 80 heavy (non-hydrogen) atoms. The molecule has 0 bridgehead atoms. The maximum atomic E-state index is 14.3. The summed E-state index contributed by atoms with van der Waals surface area (Å²) in [5.74, 6) is -1.13. The number of aliphatic hydroxyl groups is 1. The van der Waals surface area contributed by atoms with Crippen molar-refractivity contribution in [1.82, 2.24) is 0 Å². The zero-order valence-corrected chi connectivity index (χ0v) is 45.2. The number of rotatable bonds is 14. The number of benzene rings is 5. The number of amides is 2. The second kappa shape index (κ2) is 33.3. The molecule has 4 N–H and O–H groups in total. The number of aliphatic hydroxyl groups excluding tert-OH is 1. The van der Waals surface area contributed by atoms with E-state index in [-0.39, 0.29) is 55.9 Å². The summed E-state index contributed by atoms with van der Waals surface area (Å²) < 4.78 is 82.1. The number of nitrogens with zero attached hydrogens (tertiary/aromatic N) is 4. The quantitative estimate of drug-likeness (QED) is 0.0311. The molecule has 432 valence electrons. The lowest BCUT2D eigenvalue weighted by atomic mass is 10.2. The summed E-state index contributed by atoms with van der Waals surface area (Å²) in [6.07, 6.45) is -0.165. The molecule has 2 atom stereocenters. The van der Waals surface area contributed by atoms with E-state index in [1.807, 2.05) is 82.3 Å². The normalized spacial score (nSPS) is 17.2. The van der Waals surface area contributed by atoms with Crippen LogP contribution in [0.15, 0.2) is 115 Å². The Hall–Kier alpha value is -7.34. The van der Waals surface area contributed by atoms with Gasteiger partial charge in [-0.05, 0) is 72.1 Å². The molecule has 5 aliphatic heterocycles. The van der Waals surface area contributed by atoms with Crippen LogP contribution >= 0.6 is 11.6 Å². The zero-order valence-electron chi connectivity index (χ0n) is 44.5. The highest BCUT2D eigenvalue weighted by Gasteiger charge is 2.32. The van der Waals surface area contributed by atoms with E-state index >= 15 is 0 Å². The molecule has 5 aliphatic rings. The Morgan fingerprint density at radius 1 is 0.662 bits per heavy atom. The molecule has 0 aliphatic carbocycles. The van der Waals surface area contributed by atoms with Crippen molar-refractivity contribution in [2.75, 3.05) is 136 Å². The van der Waals surface area contributed by atoms with Gasteiger partial charge in [-0.15, -0.1) is 0 Å². The van der Waals surface area contributed by atoms with Crippen LogP contribution in [-0.2, 0) is 55.9 Å². The highest BCUT2D eigenvalue weighted by Crippen LogP contribution is 2.29. The number of anilines is 6. The van der Waals surface area contributed by atoms with Gasteiger partial charge in [-0.25, -0.2) is 27.6 Å². The molecule has 5 fully saturated rings. The number of hydrogen-bond donors (Lipinski definition) is 3. The van der Waals surface area contributed by atoms with Crippen LogP contribution in [0.3, 0.4) is 0 Å². The minimum Gasteiger partial charge on any atom is -0.463 e. The van der Waals surface area contributed by atoms with E-state index in [1.54, 1.807) is 36.4 Å². The largest absolute Gasteiger partial charge is 0.463 e. The highest BCUT2D eigenvalue weighted by atomic mass is 35.5. The molecule has 5 saturated heterocycles. The number of cyclic esters (lactones) is 1. The molecule has 0 saturated carbocycles. The molecule has 2 amide bonds. The highest BCUT2D eigenvalue weighted by molar-refractivity contribution is 6.61. The van der Waals surface area contributed by atoms with Crippen molar-refractivity contribution in [3.05, 3.63) is 144 Å². The summed E-state index contributed by atoms with van der Waals surface area (Å²) in [6.45, 7) is 11.3. The Morgan fingerprint density at radius 3 is 1.60 bits per heavy atom. The average Bonchev–Trinajstić information content (AvgIpc) is 4.24. The third-order valence-electron chi connectivity index (χ3n) is 12.2. The Bertz CT molecular complexity index is 2700. The van der Waals surface area contributed by atoms with Gasteiger partial charge in [0.15, 0.2) is 0 Å². The predicted octanol–water partition coefficient (Wildman–Crippen LogP) is 8.93. The first-order valence-electron chi connectivity index (χ1n) is 26.1. The van der Waals surface area contributed by atoms with E-state index in [2.05, 4.69) is 10.1 Å². The van der Waals surface area contributed by atoms with Crippen molar-refractivity contribution in [2.24, 2.45) is 0 Å².